The van der Waals surface area contributed by atoms with Crippen LogP contribution >= 0.6 is 11.8 Å². The Labute approximate surface area is 159 Å². The van der Waals surface area contributed by atoms with Gasteiger partial charge in [-0.25, -0.2) is 0 Å². The molecule has 2 aromatic rings. The first-order valence-electron chi connectivity index (χ1n) is 8.82. The molecule has 0 aliphatic heterocycles. The summed E-state index contributed by atoms with van der Waals surface area (Å²) in [6, 6.07) is 20.5. The maximum absolute atomic E-state index is 12.3. The van der Waals surface area contributed by atoms with E-state index in [2.05, 4.69) is 34.9 Å². The fraction of sp³-hybridized carbons (Fsp3) is 0.333. The van der Waals surface area contributed by atoms with Gasteiger partial charge >= 0.3 is 0 Å². The second kappa shape index (κ2) is 8.29. The van der Waals surface area contributed by atoms with Crippen LogP contribution in [0.1, 0.15) is 25.3 Å². The minimum atomic E-state index is -0.750. The first-order chi connectivity index (χ1) is 12.6. The molecule has 0 heterocycles. The van der Waals surface area contributed by atoms with Crippen molar-refractivity contribution in [2.75, 3.05) is 11.9 Å². The van der Waals surface area contributed by atoms with Crippen LogP contribution in [-0.2, 0) is 10.5 Å². The highest BCUT2D eigenvalue weighted by molar-refractivity contribution is 7.98. The topological polar surface area (TPSA) is 64.9 Å². The van der Waals surface area contributed by atoms with Gasteiger partial charge in [0, 0.05) is 16.3 Å². The van der Waals surface area contributed by atoms with Crippen LogP contribution in [0.25, 0.3) is 0 Å². The van der Waals surface area contributed by atoms with E-state index in [1.54, 1.807) is 11.8 Å². The molecule has 0 saturated heterocycles. The lowest BCUT2D eigenvalue weighted by atomic mass is 9.98. The summed E-state index contributed by atoms with van der Waals surface area (Å²) in [6.07, 6.45) is 2.02. The molecular formula is C21H23N3OS. The van der Waals surface area contributed by atoms with Crippen LogP contribution in [0.2, 0.25) is 0 Å². The summed E-state index contributed by atoms with van der Waals surface area (Å²) < 4.78 is 0. The van der Waals surface area contributed by atoms with Gasteiger partial charge in [-0.3, -0.25) is 4.79 Å². The molecule has 1 aliphatic carbocycles. The minimum absolute atomic E-state index is 0.149. The van der Waals surface area contributed by atoms with Crippen molar-refractivity contribution in [3.8, 4) is 6.07 Å². The van der Waals surface area contributed by atoms with E-state index in [0.29, 0.717) is 0 Å². The Balaban J connectivity index is 1.56. The number of hydrogen-bond acceptors (Lipinski definition) is 4. The summed E-state index contributed by atoms with van der Waals surface area (Å²) >= 11 is 1.74. The second-order valence-electron chi connectivity index (χ2n) is 6.76. The molecule has 1 fully saturated rings. The number of anilines is 1. The van der Waals surface area contributed by atoms with Crippen LogP contribution in [0.5, 0.6) is 0 Å². The number of rotatable bonds is 8. The number of amides is 1. The normalized spacial score (nSPS) is 15.5. The number of carbonyl (C=O) groups is 1. The van der Waals surface area contributed by atoms with E-state index in [9.17, 15) is 10.1 Å². The molecule has 3 rings (SSSR count). The summed E-state index contributed by atoms with van der Waals surface area (Å²) in [4.78, 5) is 13.4. The molecule has 134 valence electrons. The summed E-state index contributed by atoms with van der Waals surface area (Å²) in [5.74, 6) is 1.01. The quantitative estimate of drug-likeness (QED) is 0.688. The lowest BCUT2D eigenvalue weighted by Crippen LogP contribution is -2.48. The molecule has 2 aromatic carbocycles. The van der Waals surface area contributed by atoms with Crippen LogP contribution < -0.4 is 10.6 Å². The van der Waals surface area contributed by atoms with Gasteiger partial charge in [0.1, 0.15) is 5.54 Å². The number of nitrogens with zero attached hydrogens (tertiary/aromatic N) is 1. The van der Waals surface area contributed by atoms with E-state index in [1.807, 2.05) is 43.3 Å². The Morgan fingerprint density at radius 1 is 1.19 bits per heavy atom. The predicted molar refractivity (Wildman–Crippen MR) is 106 cm³/mol. The number of nitriles is 1. The highest BCUT2D eigenvalue weighted by Gasteiger charge is 2.42. The average molecular weight is 366 g/mol. The van der Waals surface area contributed by atoms with E-state index >= 15 is 0 Å². The van der Waals surface area contributed by atoms with Crippen LogP contribution in [0, 0.1) is 17.2 Å². The van der Waals surface area contributed by atoms with Crippen molar-refractivity contribution in [2.45, 2.75) is 36.0 Å². The number of benzene rings is 2. The van der Waals surface area contributed by atoms with E-state index in [-0.39, 0.29) is 18.4 Å². The molecule has 0 bridgehead atoms. The molecule has 4 nitrogen and oxygen atoms in total. The Bertz CT molecular complexity index is 798. The zero-order chi connectivity index (χ0) is 18.4. The molecule has 0 radical (unpaired) electrons. The van der Waals surface area contributed by atoms with Crippen LogP contribution in [0.4, 0.5) is 5.69 Å². The highest BCUT2D eigenvalue weighted by Crippen LogP contribution is 2.39. The van der Waals surface area contributed by atoms with Gasteiger partial charge in [0.2, 0.25) is 5.91 Å². The van der Waals surface area contributed by atoms with Crippen molar-refractivity contribution in [3.05, 3.63) is 60.2 Å². The fourth-order valence-electron chi connectivity index (χ4n) is 2.87. The maximum Gasteiger partial charge on any atom is 0.240 e. The molecule has 0 aromatic heterocycles. The smallest absolute Gasteiger partial charge is 0.240 e. The number of hydrogen-bond donors (Lipinski definition) is 2. The second-order valence-corrected chi connectivity index (χ2v) is 7.78. The lowest BCUT2D eigenvalue weighted by Gasteiger charge is -2.23. The number of carbonyl (C=O) groups excluding carboxylic acids is 1. The molecule has 0 spiro atoms. The Kier molecular flexibility index (Phi) is 5.85. The molecule has 26 heavy (non-hydrogen) atoms. The monoisotopic (exact) mass is 365 g/mol. The van der Waals surface area contributed by atoms with Gasteiger partial charge in [0.05, 0.1) is 12.6 Å². The standard InChI is InChI=1S/C21H23N3OS/c1-21(15-22,17-11-12-17)24-20(25)13-23-18-9-5-6-10-19(18)26-14-16-7-3-2-4-8-16/h2-10,17,23H,11-14H2,1H3,(H,24,25)/t21-/m1/s1. The van der Waals surface area contributed by atoms with Crippen molar-refractivity contribution >= 4 is 23.4 Å². The first-order valence-corrected chi connectivity index (χ1v) is 9.81. The Hall–Kier alpha value is -2.45. The maximum atomic E-state index is 12.3. The molecule has 1 amide bonds. The third kappa shape index (κ3) is 4.80. The van der Waals surface area contributed by atoms with Gasteiger partial charge in [0.15, 0.2) is 0 Å². The van der Waals surface area contributed by atoms with E-state index in [4.69, 9.17) is 0 Å². The van der Waals surface area contributed by atoms with Gasteiger partial charge < -0.3 is 10.6 Å². The lowest BCUT2D eigenvalue weighted by molar-refractivity contribution is -0.120. The predicted octanol–water partition coefficient (Wildman–Crippen LogP) is 4.20. The summed E-state index contributed by atoms with van der Waals surface area (Å²) in [5.41, 5.74) is 1.45. The molecule has 1 saturated carbocycles. The van der Waals surface area contributed by atoms with Crippen molar-refractivity contribution in [2.24, 2.45) is 5.92 Å². The molecule has 0 unspecified atom stereocenters. The summed E-state index contributed by atoms with van der Waals surface area (Å²) in [5, 5.41) is 15.5. The molecule has 1 aliphatic rings. The van der Waals surface area contributed by atoms with E-state index in [1.165, 1.54) is 5.56 Å². The summed E-state index contributed by atoms with van der Waals surface area (Å²) in [7, 11) is 0. The van der Waals surface area contributed by atoms with Crippen molar-refractivity contribution in [1.29, 1.82) is 5.26 Å². The minimum Gasteiger partial charge on any atom is -0.375 e. The highest BCUT2D eigenvalue weighted by atomic mass is 32.2. The van der Waals surface area contributed by atoms with Gasteiger partial charge in [-0.05, 0) is 43.4 Å². The molecular weight excluding hydrogens is 342 g/mol. The number of thioether (sulfide) groups is 1. The van der Waals surface area contributed by atoms with Gasteiger partial charge in [-0.1, -0.05) is 42.5 Å². The Morgan fingerprint density at radius 2 is 1.88 bits per heavy atom. The third-order valence-corrected chi connectivity index (χ3v) is 5.73. The zero-order valence-electron chi connectivity index (χ0n) is 14.9. The first kappa shape index (κ1) is 18.3. The van der Waals surface area contributed by atoms with Gasteiger partial charge in [0.25, 0.3) is 0 Å². The Morgan fingerprint density at radius 3 is 2.58 bits per heavy atom. The van der Waals surface area contributed by atoms with Crippen molar-refractivity contribution < 1.29 is 4.79 Å². The van der Waals surface area contributed by atoms with Crippen molar-refractivity contribution in [3.63, 3.8) is 0 Å². The molecule has 1 atom stereocenters. The van der Waals surface area contributed by atoms with Crippen molar-refractivity contribution in [1.82, 2.24) is 5.32 Å². The zero-order valence-corrected chi connectivity index (χ0v) is 15.7. The van der Waals surface area contributed by atoms with Crippen LogP contribution in [0.15, 0.2) is 59.5 Å². The largest absolute Gasteiger partial charge is 0.375 e. The fourth-order valence-corrected chi connectivity index (χ4v) is 3.85. The molecule has 5 heteroatoms. The SMILES string of the molecule is C[C@](C#N)(NC(=O)CNc1ccccc1SCc1ccccc1)C1CC1. The number of nitrogens with one attached hydrogen (secondary N) is 2. The van der Waals surface area contributed by atoms with E-state index in [0.717, 1.165) is 29.2 Å². The third-order valence-electron chi connectivity index (χ3n) is 4.59. The van der Waals surface area contributed by atoms with Gasteiger partial charge in [-0.2, -0.15) is 5.26 Å². The van der Waals surface area contributed by atoms with Gasteiger partial charge in [-0.15, -0.1) is 11.8 Å². The van der Waals surface area contributed by atoms with E-state index < -0.39 is 5.54 Å². The number of para-hydroxylation sites is 1. The summed E-state index contributed by atoms with van der Waals surface area (Å²) in [6.45, 7) is 1.97. The molecule has 2 N–H and O–H groups in total. The average Bonchev–Trinajstić information content (AvgIpc) is 3.52. The van der Waals surface area contributed by atoms with Crippen LogP contribution in [0.3, 0.4) is 0 Å². The van der Waals surface area contributed by atoms with Crippen LogP contribution in [-0.4, -0.2) is 18.0 Å².